The van der Waals surface area contributed by atoms with E-state index < -0.39 is 0 Å². The summed E-state index contributed by atoms with van der Waals surface area (Å²) in [4.78, 5) is 26.2. The molecule has 0 bridgehead atoms. The number of amides is 2. The van der Waals surface area contributed by atoms with Crippen molar-refractivity contribution < 1.29 is 9.59 Å². The zero-order valence-electron chi connectivity index (χ0n) is 15.9. The lowest BCUT2D eigenvalue weighted by Crippen LogP contribution is -2.30. The standard InChI is InChI=1S/C21H27N3O2/c1-5-24(6-2)21(26)17-10-12-18(13-11-17)23-20(25)14-22-19-9-7-8-15(3)16(19)4/h7-13,22H,5-6,14H2,1-4H3,(H,23,25). The maximum Gasteiger partial charge on any atom is 0.253 e. The molecule has 138 valence electrons. The van der Waals surface area contributed by atoms with Crippen LogP contribution in [0, 0.1) is 13.8 Å². The van der Waals surface area contributed by atoms with Crippen LogP contribution in [0.5, 0.6) is 0 Å². The van der Waals surface area contributed by atoms with Gasteiger partial charge in [-0.2, -0.15) is 0 Å². The number of carbonyl (C=O) groups is 2. The number of nitrogens with one attached hydrogen (secondary N) is 2. The molecule has 2 amide bonds. The Balaban J connectivity index is 1.93. The number of rotatable bonds is 7. The van der Waals surface area contributed by atoms with Crippen LogP contribution < -0.4 is 10.6 Å². The van der Waals surface area contributed by atoms with Gasteiger partial charge in [0, 0.05) is 30.0 Å². The highest BCUT2D eigenvalue weighted by Gasteiger charge is 2.12. The number of nitrogens with zero attached hydrogens (tertiary/aromatic N) is 1. The fraction of sp³-hybridized carbons (Fsp3) is 0.333. The average molecular weight is 353 g/mol. The van der Waals surface area contributed by atoms with Crippen molar-refractivity contribution in [2.24, 2.45) is 0 Å². The van der Waals surface area contributed by atoms with Gasteiger partial charge in [0.25, 0.3) is 5.91 Å². The molecule has 0 aromatic heterocycles. The zero-order chi connectivity index (χ0) is 19.1. The molecule has 26 heavy (non-hydrogen) atoms. The summed E-state index contributed by atoms with van der Waals surface area (Å²) in [7, 11) is 0. The SMILES string of the molecule is CCN(CC)C(=O)c1ccc(NC(=O)CNc2cccc(C)c2C)cc1. The Hall–Kier alpha value is -2.82. The minimum Gasteiger partial charge on any atom is -0.376 e. The molecule has 5 heteroatoms. The molecule has 0 atom stereocenters. The minimum atomic E-state index is -0.131. The molecule has 0 radical (unpaired) electrons. The first-order chi connectivity index (χ1) is 12.5. The molecule has 0 aliphatic carbocycles. The molecule has 0 spiro atoms. The van der Waals surface area contributed by atoms with E-state index in [4.69, 9.17) is 0 Å². The Morgan fingerprint density at radius 2 is 1.62 bits per heavy atom. The van der Waals surface area contributed by atoms with Gasteiger partial charge < -0.3 is 15.5 Å². The summed E-state index contributed by atoms with van der Waals surface area (Å²) in [6.45, 7) is 9.53. The largest absolute Gasteiger partial charge is 0.376 e. The summed E-state index contributed by atoms with van der Waals surface area (Å²) in [6.07, 6.45) is 0. The molecule has 0 unspecified atom stereocenters. The third-order valence-corrected chi connectivity index (χ3v) is 4.51. The van der Waals surface area contributed by atoms with Crippen molar-refractivity contribution in [3.63, 3.8) is 0 Å². The van der Waals surface area contributed by atoms with E-state index in [-0.39, 0.29) is 18.4 Å². The van der Waals surface area contributed by atoms with Crippen LogP contribution in [0.25, 0.3) is 0 Å². The highest BCUT2D eigenvalue weighted by Crippen LogP contribution is 2.17. The van der Waals surface area contributed by atoms with Crippen molar-refractivity contribution in [3.05, 3.63) is 59.2 Å². The van der Waals surface area contributed by atoms with Crippen LogP contribution in [0.15, 0.2) is 42.5 Å². The van der Waals surface area contributed by atoms with Gasteiger partial charge >= 0.3 is 0 Å². The van der Waals surface area contributed by atoms with Crippen LogP contribution in [-0.4, -0.2) is 36.3 Å². The Morgan fingerprint density at radius 1 is 0.962 bits per heavy atom. The van der Waals surface area contributed by atoms with Crippen LogP contribution in [-0.2, 0) is 4.79 Å². The summed E-state index contributed by atoms with van der Waals surface area (Å²) in [6, 6.07) is 13.0. The Morgan fingerprint density at radius 3 is 2.23 bits per heavy atom. The van der Waals surface area contributed by atoms with E-state index in [1.54, 1.807) is 29.2 Å². The van der Waals surface area contributed by atoms with E-state index >= 15 is 0 Å². The van der Waals surface area contributed by atoms with Gasteiger partial charge in [0.15, 0.2) is 0 Å². The second kappa shape index (κ2) is 9.04. The van der Waals surface area contributed by atoms with Crippen molar-refractivity contribution >= 4 is 23.2 Å². The second-order valence-corrected chi connectivity index (χ2v) is 6.20. The highest BCUT2D eigenvalue weighted by molar-refractivity contribution is 5.96. The minimum absolute atomic E-state index is 0.00414. The smallest absolute Gasteiger partial charge is 0.253 e. The van der Waals surface area contributed by atoms with Crippen molar-refractivity contribution in [1.29, 1.82) is 0 Å². The quantitative estimate of drug-likeness (QED) is 0.795. The number of hydrogen-bond donors (Lipinski definition) is 2. The monoisotopic (exact) mass is 353 g/mol. The van der Waals surface area contributed by atoms with E-state index in [2.05, 4.69) is 10.6 Å². The van der Waals surface area contributed by atoms with Gasteiger partial charge in [0.05, 0.1) is 6.54 Å². The number of carbonyl (C=O) groups excluding carboxylic acids is 2. The molecular formula is C21H27N3O2. The van der Waals surface area contributed by atoms with Crippen LogP contribution >= 0.6 is 0 Å². The predicted molar refractivity (Wildman–Crippen MR) is 107 cm³/mol. The van der Waals surface area contributed by atoms with Gasteiger partial charge in [-0.1, -0.05) is 12.1 Å². The van der Waals surface area contributed by atoms with Gasteiger partial charge in [0.2, 0.25) is 5.91 Å². The fourth-order valence-corrected chi connectivity index (χ4v) is 2.71. The van der Waals surface area contributed by atoms with E-state index in [9.17, 15) is 9.59 Å². The van der Waals surface area contributed by atoms with E-state index in [1.165, 1.54) is 5.56 Å². The summed E-state index contributed by atoms with van der Waals surface area (Å²) in [5.41, 5.74) is 4.58. The van der Waals surface area contributed by atoms with Crippen LogP contribution in [0.3, 0.4) is 0 Å². The lowest BCUT2D eigenvalue weighted by Gasteiger charge is -2.18. The molecule has 2 aromatic carbocycles. The number of aryl methyl sites for hydroxylation is 1. The topological polar surface area (TPSA) is 61.4 Å². The molecular weight excluding hydrogens is 326 g/mol. The lowest BCUT2D eigenvalue weighted by atomic mass is 10.1. The summed E-state index contributed by atoms with van der Waals surface area (Å²) >= 11 is 0. The molecule has 0 heterocycles. The van der Waals surface area contributed by atoms with Crippen LogP contribution in [0.2, 0.25) is 0 Å². The van der Waals surface area contributed by atoms with Crippen LogP contribution in [0.1, 0.15) is 35.3 Å². The number of anilines is 2. The Labute approximate surface area is 155 Å². The Bertz CT molecular complexity index is 765. The molecule has 2 N–H and O–H groups in total. The summed E-state index contributed by atoms with van der Waals surface area (Å²) in [5, 5.41) is 6.00. The molecule has 0 fully saturated rings. The number of hydrogen-bond acceptors (Lipinski definition) is 3. The molecule has 2 rings (SSSR count). The van der Waals surface area contributed by atoms with Crippen molar-refractivity contribution in [1.82, 2.24) is 4.90 Å². The van der Waals surface area contributed by atoms with Crippen molar-refractivity contribution in [2.45, 2.75) is 27.7 Å². The van der Waals surface area contributed by atoms with Gasteiger partial charge in [-0.3, -0.25) is 9.59 Å². The first-order valence-corrected chi connectivity index (χ1v) is 8.95. The Kier molecular flexibility index (Phi) is 6.78. The predicted octanol–water partition coefficient (Wildman–Crippen LogP) is 3.84. The molecule has 0 saturated heterocycles. The lowest BCUT2D eigenvalue weighted by molar-refractivity contribution is -0.114. The fourth-order valence-electron chi connectivity index (χ4n) is 2.71. The zero-order valence-corrected chi connectivity index (χ0v) is 15.9. The maximum absolute atomic E-state index is 12.3. The first kappa shape index (κ1) is 19.5. The first-order valence-electron chi connectivity index (χ1n) is 8.95. The van der Waals surface area contributed by atoms with E-state index in [0.29, 0.717) is 24.3 Å². The summed E-state index contributed by atoms with van der Waals surface area (Å²) in [5.74, 6) is -0.127. The molecule has 2 aromatic rings. The average Bonchev–Trinajstić information content (AvgIpc) is 2.64. The molecule has 5 nitrogen and oxygen atoms in total. The molecule has 0 saturated carbocycles. The van der Waals surface area contributed by atoms with Gasteiger partial charge in [0.1, 0.15) is 0 Å². The maximum atomic E-state index is 12.3. The summed E-state index contributed by atoms with van der Waals surface area (Å²) < 4.78 is 0. The van der Waals surface area contributed by atoms with Gasteiger partial charge in [-0.05, 0) is 69.2 Å². The third-order valence-electron chi connectivity index (χ3n) is 4.51. The molecule has 0 aliphatic rings. The third kappa shape index (κ3) is 4.85. The van der Waals surface area contributed by atoms with E-state index in [1.807, 2.05) is 45.9 Å². The van der Waals surface area contributed by atoms with Gasteiger partial charge in [-0.15, -0.1) is 0 Å². The van der Waals surface area contributed by atoms with Crippen LogP contribution in [0.4, 0.5) is 11.4 Å². The highest BCUT2D eigenvalue weighted by atomic mass is 16.2. The van der Waals surface area contributed by atoms with E-state index in [0.717, 1.165) is 11.3 Å². The number of benzene rings is 2. The van der Waals surface area contributed by atoms with Gasteiger partial charge in [-0.25, -0.2) is 0 Å². The second-order valence-electron chi connectivity index (χ2n) is 6.20. The molecule has 0 aliphatic heterocycles. The normalized spacial score (nSPS) is 10.3. The van der Waals surface area contributed by atoms with Crippen molar-refractivity contribution in [2.75, 3.05) is 30.3 Å². The van der Waals surface area contributed by atoms with Crippen molar-refractivity contribution in [3.8, 4) is 0 Å².